The van der Waals surface area contributed by atoms with Gasteiger partial charge < -0.3 is 16.0 Å². The Morgan fingerprint density at radius 3 is 2.59 bits per heavy atom. The van der Waals surface area contributed by atoms with Crippen LogP contribution in [-0.2, 0) is 12.6 Å². The summed E-state index contributed by atoms with van der Waals surface area (Å²) in [7, 11) is 0. The van der Waals surface area contributed by atoms with Crippen molar-refractivity contribution >= 4 is 33.4 Å². The van der Waals surface area contributed by atoms with Crippen LogP contribution in [0.3, 0.4) is 0 Å². The number of halogens is 4. The van der Waals surface area contributed by atoms with E-state index in [-0.39, 0.29) is 6.04 Å². The Kier molecular flexibility index (Phi) is 6.16. The maximum absolute atomic E-state index is 13.5. The molecule has 0 atom stereocenters. The summed E-state index contributed by atoms with van der Waals surface area (Å²) in [4.78, 5) is 4.02. The number of rotatable bonds is 4. The number of likely N-dealkylation sites (tertiary alicyclic amines) is 1. The minimum Gasteiger partial charge on any atom is -0.382 e. The Balaban J connectivity index is 1.63. The first kappa shape index (κ1) is 21.0. The number of nitrogens with two attached hydrogens (primary N) is 1. The predicted octanol–water partition coefficient (Wildman–Crippen LogP) is 5.36. The highest BCUT2D eigenvalue weighted by Gasteiger charge is 2.34. The fourth-order valence-electron chi connectivity index (χ4n) is 4.01. The van der Waals surface area contributed by atoms with Crippen molar-refractivity contribution in [2.45, 2.75) is 41.3 Å². The summed E-state index contributed by atoms with van der Waals surface area (Å²) in [5, 5.41) is 3.45. The lowest BCUT2D eigenvalue weighted by Crippen LogP contribution is -2.41. The molecule has 2 heterocycles. The number of piperidine rings is 1. The van der Waals surface area contributed by atoms with E-state index < -0.39 is 11.7 Å². The zero-order valence-electron chi connectivity index (χ0n) is 15.9. The highest BCUT2D eigenvalue weighted by Crippen LogP contribution is 2.46. The molecule has 3 N–H and O–H groups in total. The summed E-state index contributed by atoms with van der Waals surface area (Å²) in [5.41, 5.74) is 7.75. The van der Waals surface area contributed by atoms with Crippen LogP contribution in [0.2, 0.25) is 0 Å². The monoisotopic (exact) mass is 485 g/mol. The quantitative estimate of drug-likeness (QED) is 0.521. The molecule has 1 saturated heterocycles. The minimum atomic E-state index is -4.36. The third-order valence-corrected chi connectivity index (χ3v) is 7.23. The molecule has 0 aliphatic carbocycles. The molecule has 0 saturated carbocycles. The lowest BCUT2D eigenvalue weighted by Gasteiger charge is -2.34. The maximum atomic E-state index is 13.5. The summed E-state index contributed by atoms with van der Waals surface area (Å²) in [5.74, 6) is 0. The second-order valence-corrected chi connectivity index (χ2v) is 9.58. The average molecular weight is 486 g/mol. The van der Waals surface area contributed by atoms with Gasteiger partial charge in [0.25, 0.3) is 0 Å². The molecule has 0 bridgehead atoms. The Morgan fingerprint density at radius 1 is 1.14 bits per heavy atom. The van der Waals surface area contributed by atoms with Gasteiger partial charge in [-0.15, -0.1) is 0 Å². The van der Waals surface area contributed by atoms with Crippen molar-refractivity contribution in [2.75, 3.05) is 31.5 Å². The van der Waals surface area contributed by atoms with E-state index in [1.807, 2.05) is 12.1 Å². The van der Waals surface area contributed by atoms with E-state index in [9.17, 15) is 13.2 Å². The van der Waals surface area contributed by atoms with Crippen molar-refractivity contribution in [3.63, 3.8) is 0 Å². The number of alkyl halides is 3. The van der Waals surface area contributed by atoms with Gasteiger partial charge in [0, 0.05) is 58.6 Å². The summed E-state index contributed by atoms with van der Waals surface area (Å²) in [6, 6.07) is 8.70. The van der Waals surface area contributed by atoms with Crippen molar-refractivity contribution < 1.29 is 13.2 Å². The van der Waals surface area contributed by atoms with E-state index in [0.717, 1.165) is 53.0 Å². The molecule has 2 aliphatic heterocycles. The van der Waals surface area contributed by atoms with Gasteiger partial charge in [0.05, 0.1) is 5.56 Å². The number of fused-ring (bicyclic) bond motifs is 2. The molecule has 0 amide bonds. The molecule has 0 unspecified atom stereocenters. The van der Waals surface area contributed by atoms with Crippen LogP contribution in [0.15, 0.2) is 44.6 Å². The van der Waals surface area contributed by atoms with E-state index in [0.29, 0.717) is 23.5 Å². The zero-order chi connectivity index (χ0) is 20.6. The summed E-state index contributed by atoms with van der Waals surface area (Å²) < 4.78 is 41.6. The topological polar surface area (TPSA) is 41.3 Å². The Bertz CT molecular complexity index is 895. The van der Waals surface area contributed by atoms with Gasteiger partial charge in [0.15, 0.2) is 0 Å². The van der Waals surface area contributed by atoms with Crippen molar-refractivity contribution in [1.82, 2.24) is 4.90 Å². The average Bonchev–Trinajstić information content (AvgIpc) is 2.67. The molecule has 0 radical (unpaired) electrons. The van der Waals surface area contributed by atoms with Crippen LogP contribution in [0.25, 0.3) is 0 Å². The third kappa shape index (κ3) is 4.76. The van der Waals surface area contributed by atoms with Gasteiger partial charge in [-0.3, -0.25) is 0 Å². The first-order valence-corrected chi connectivity index (χ1v) is 11.3. The van der Waals surface area contributed by atoms with Gasteiger partial charge in [-0.05, 0) is 54.3 Å². The molecule has 156 valence electrons. The summed E-state index contributed by atoms with van der Waals surface area (Å²) in [6.07, 6.45) is -1.93. The number of nitrogens with zero attached hydrogens (tertiary/aromatic N) is 1. The standard InChI is InChI=1S/C21H23BrF3N3S/c22-15-1-2-19-13(9-15)10-17-18(11-14(21(23,24)25)12-20(17)29-19)27-16-3-6-28(7-4-16)8-5-26/h1-2,9,11-12,16,27H,3-8,10,26H2. The second-order valence-electron chi connectivity index (χ2n) is 7.58. The van der Waals surface area contributed by atoms with Crippen molar-refractivity contribution in [3.8, 4) is 0 Å². The predicted molar refractivity (Wildman–Crippen MR) is 115 cm³/mol. The number of hydrogen-bond donors (Lipinski definition) is 2. The molecular weight excluding hydrogens is 463 g/mol. The SMILES string of the molecule is NCCN1CCC(Nc2cc(C(F)(F)F)cc3c2Cc2cc(Br)ccc2S3)CC1. The van der Waals surface area contributed by atoms with E-state index in [1.165, 1.54) is 23.9 Å². The lowest BCUT2D eigenvalue weighted by molar-refractivity contribution is -0.137. The van der Waals surface area contributed by atoms with Crippen LogP contribution in [0.1, 0.15) is 29.5 Å². The molecule has 0 spiro atoms. The van der Waals surface area contributed by atoms with Gasteiger partial charge in [0.2, 0.25) is 0 Å². The molecule has 8 heteroatoms. The fraction of sp³-hybridized carbons (Fsp3) is 0.429. The van der Waals surface area contributed by atoms with E-state index in [2.05, 4.69) is 32.2 Å². The summed E-state index contributed by atoms with van der Waals surface area (Å²) >= 11 is 4.92. The molecule has 1 fully saturated rings. The molecule has 2 aromatic carbocycles. The largest absolute Gasteiger partial charge is 0.416 e. The third-order valence-electron chi connectivity index (χ3n) is 5.54. The molecule has 0 aromatic heterocycles. The van der Waals surface area contributed by atoms with E-state index >= 15 is 0 Å². The van der Waals surface area contributed by atoms with Gasteiger partial charge in [0.1, 0.15) is 0 Å². The lowest BCUT2D eigenvalue weighted by atomic mass is 9.98. The smallest absolute Gasteiger partial charge is 0.382 e. The number of benzene rings is 2. The van der Waals surface area contributed by atoms with Gasteiger partial charge in [-0.1, -0.05) is 27.7 Å². The van der Waals surface area contributed by atoms with Crippen molar-refractivity contribution in [1.29, 1.82) is 0 Å². The Hall–Kier alpha value is -1.22. The first-order valence-electron chi connectivity index (χ1n) is 9.73. The first-order chi connectivity index (χ1) is 13.8. The number of nitrogens with one attached hydrogen (secondary N) is 1. The van der Waals surface area contributed by atoms with Crippen LogP contribution in [-0.4, -0.2) is 37.1 Å². The molecule has 29 heavy (non-hydrogen) atoms. The van der Waals surface area contributed by atoms with Gasteiger partial charge in [-0.2, -0.15) is 13.2 Å². The summed E-state index contributed by atoms with van der Waals surface area (Å²) in [6.45, 7) is 3.33. The van der Waals surface area contributed by atoms with Crippen molar-refractivity contribution in [3.05, 3.63) is 51.5 Å². The van der Waals surface area contributed by atoms with E-state index in [4.69, 9.17) is 5.73 Å². The Labute approximate surface area is 181 Å². The highest BCUT2D eigenvalue weighted by atomic mass is 79.9. The molecule has 2 aliphatic rings. The highest BCUT2D eigenvalue weighted by molar-refractivity contribution is 9.10. The molecule has 3 nitrogen and oxygen atoms in total. The van der Waals surface area contributed by atoms with Crippen LogP contribution in [0.4, 0.5) is 18.9 Å². The van der Waals surface area contributed by atoms with Gasteiger partial charge in [-0.25, -0.2) is 0 Å². The zero-order valence-corrected chi connectivity index (χ0v) is 18.3. The van der Waals surface area contributed by atoms with Crippen LogP contribution < -0.4 is 11.1 Å². The fourth-order valence-corrected chi connectivity index (χ4v) is 5.54. The van der Waals surface area contributed by atoms with Crippen LogP contribution in [0.5, 0.6) is 0 Å². The van der Waals surface area contributed by atoms with Crippen molar-refractivity contribution in [2.24, 2.45) is 5.73 Å². The molecule has 4 rings (SSSR count). The van der Waals surface area contributed by atoms with Gasteiger partial charge >= 0.3 is 6.18 Å². The maximum Gasteiger partial charge on any atom is 0.416 e. The van der Waals surface area contributed by atoms with Crippen LogP contribution >= 0.6 is 27.7 Å². The normalized spacial score (nSPS) is 17.7. The molecular formula is C21H23BrF3N3S. The number of hydrogen-bond acceptors (Lipinski definition) is 4. The number of anilines is 1. The van der Waals surface area contributed by atoms with Crippen LogP contribution in [0, 0.1) is 0 Å². The second kappa shape index (κ2) is 8.49. The van der Waals surface area contributed by atoms with E-state index in [1.54, 1.807) is 0 Å². The molecule has 2 aromatic rings. The Morgan fingerprint density at radius 2 is 1.90 bits per heavy atom. The minimum absolute atomic E-state index is 0.172.